The minimum Gasteiger partial charge on any atom is -0.294 e. The molecule has 0 amide bonds. The first-order valence-electron chi connectivity index (χ1n) is 4.24. The van der Waals surface area contributed by atoms with Crippen molar-refractivity contribution in [2.45, 2.75) is 19.8 Å². The molecule has 62 valence electrons. The van der Waals surface area contributed by atoms with Gasteiger partial charge in [0.25, 0.3) is 0 Å². The molecule has 1 saturated carbocycles. The molecule has 0 aliphatic heterocycles. The number of carbonyl (C=O) groups is 1. The summed E-state index contributed by atoms with van der Waals surface area (Å²) in [6, 6.07) is 1.82. The SMILES string of the molecule is Cc1cnccc1C(=O)C1CC1. The molecule has 0 atom stereocenters. The van der Waals surface area contributed by atoms with Gasteiger partial charge < -0.3 is 0 Å². The number of aromatic nitrogens is 1. The smallest absolute Gasteiger partial charge is 0.166 e. The first kappa shape index (κ1) is 7.47. The van der Waals surface area contributed by atoms with Crippen molar-refractivity contribution in [2.24, 2.45) is 5.92 Å². The van der Waals surface area contributed by atoms with Gasteiger partial charge in [0, 0.05) is 23.9 Å². The van der Waals surface area contributed by atoms with Gasteiger partial charge in [-0.3, -0.25) is 9.78 Å². The maximum atomic E-state index is 11.6. The van der Waals surface area contributed by atoms with E-state index in [2.05, 4.69) is 4.98 Å². The summed E-state index contributed by atoms with van der Waals surface area (Å²) in [4.78, 5) is 15.6. The number of ketones is 1. The maximum absolute atomic E-state index is 11.6. The van der Waals surface area contributed by atoms with Crippen molar-refractivity contribution in [1.29, 1.82) is 0 Å². The number of aryl methyl sites for hydroxylation is 1. The molecule has 2 nitrogen and oxygen atoms in total. The van der Waals surface area contributed by atoms with E-state index in [0.717, 1.165) is 24.0 Å². The Balaban J connectivity index is 2.32. The lowest BCUT2D eigenvalue weighted by atomic mass is 10.0. The second-order valence-corrected chi connectivity index (χ2v) is 3.33. The molecule has 0 N–H and O–H groups in total. The lowest BCUT2D eigenvalue weighted by molar-refractivity contribution is 0.0967. The average molecular weight is 161 g/mol. The number of nitrogens with zero attached hydrogens (tertiary/aromatic N) is 1. The molecule has 12 heavy (non-hydrogen) atoms. The molecule has 0 radical (unpaired) electrons. The molecule has 1 aliphatic carbocycles. The van der Waals surface area contributed by atoms with Gasteiger partial charge in [-0.25, -0.2) is 0 Å². The largest absolute Gasteiger partial charge is 0.294 e. The summed E-state index contributed by atoms with van der Waals surface area (Å²) in [5.74, 6) is 0.612. The monoisotopic (exact) mass is 161 g/mol. The average Bonchev–Trinajstić information content (AvgIpc) is 2.86. The highest BCUT2D eigenvalue weighted by molar-refractivity contribution is 6.00. The Kier molecular flexibility index (Phi) is 1.68. The van der Waals surface area contributed by atoms with Crippen molar-refractivity contribution in [3.05, 3.63) is 29.6 Å². The molecule has 0 unspecified atom stereocenters. The number of rotatable bonds is 2. The molecular formula is C10H11NO. The van der Waals surface area contributed by atoms with Crippen molar-refractivity contribution in [3.8, 4) is 0 Å². The Bertz CT molecular complexity index is 315. The van der Waals surface area contributed by atoms with Gasteiger partial charge in [-0.05, 0) is 31.4 Å². The van der Waals surface area contributed by atoms with Gasteiger partial charge in [-0.2, -0.15) is 0 Å². The molecule has 1 fully saturated rings. The van der Waals surface area contributed by atoms with Crippen LogP contribution < -0.4 is 0 Å². The number of hydrogen-bond donors (Lipinski definition) is 0. The molecule has 0 bridgehead atoms. The first-order valence-corrected chi connectivity index (χ1v) is 4.24. The van der Waals surface area contributed by atoms with Crippen molar-refractivity contribution in [2.75, 3.05) is 0 Å². The van der Waals surface area contributed by atoms with Crippen LogP contribution in [0.1, 0.15) is 28.8 Å². The number of hydrogen-bond acceptors (Lipinski definition) is 2. The lowest BCUT2D eigenvalue weighted by Crippen LogP contribution is -2.03. The summed E-state index contributed by atoms with van der Waals surface area (Å²) in [7, 11) is 0. The standard InChI is InChI=1S/C10H11NO/c1-7-6-11-5-4-9(7)10(12)8-2-3-8/h4-6,8H,2-3H2,1H3. The summed E-state index contributed by atoms with van der Waals surface area (Å²) < 4.78 is 0. The molecule has 2 heteroatoms. The van der Waals surface area contributed by atoms with Crippen molar-refractivity contribution in [3.63, 3.8) is 0 Å². The van der Waals surface area contributed by atoms with Crippen molar-refractivity contribution < 1.29 is 4.79 Å². The molecule has 2 rings (SSSR count). The highest BCUT2D eigenvalue weighted by atomic mass is 16.1. The van der Waals surface area contributed by atoms with E-state index >= 15 is 0 Å². The Labute approximate surface area is 71.6 Å². The minimum absolute atomic E-state index is 0.301. The Morgan fingerprint density at radius 1 is 1.58 bits per heavy atom. The van der Waals surface area contributed by atoms with Crippen LogP contribution in [0.2, 0.25) is 0 Å². The predicted octanol–water partition coefficient (Wildman–Crippen LogP) is 1.98. The lowest BCUT2D eigenvalue weighted by Gasteiger charge is -2.00. The second kappa shape index (κ2) is 2.70. The first-order chi connectivity index (χ1) is 5.79. The van der Waals surface area contributed by atoms with Gasteiger partial charge in [-0.15, -0.1) is 0 Å². The number of Topliss-reactive ketones (excluding diaryl/α,β-unsaturated/α-hetero) is 1. The third-order valence-corrected chi connectivity index (χ3v) is 2.23. The molecule has 1 aromatic rings. The van der Waals surface area contributed by atoms with Gasteiger partial charge >= 0.3 is 0 Å². The zero-order valence-corrected chi connectivity index (χ0v) is 7.08. The van der Waals surface area contributed by atoms with Crippen molar-refractivity contribution in [1.82, 2.24) is 4.98 Å². The predicted molar refractivity (Wildman–Crippen MR) is 46.0 cm³/mol. The number of pyridine rings is 1. The van der Waals surface area contributed by atoms with E-state index in [1.807, 2.05) is 13.0 Å². The van der Waals surface area contributed by atoms with E-state index in [1.165, 1.54) is 0 Å². The highest BCUT2D eigenvalue weighted by Gasteiger charge is 2.30. The quantitative estimate of drug-likeness (QED) is 0.621. The molecule has 0 spiro atoms. The molecule has 1 heterocycles. The molecule has 0 aromatic carbocycles. The summed E-state index contributed by atoms with van der Waals surface area (Å²) >= 11 is 0. The fourth-order valence-electron chi connectivity index (χ4n) is 1.32. The summed E-state index contributed by atoms with van der Waals surface area (Å²) in [6.45, 7) is 1.93. The van der Waals surface area contributed by atoms with Crippen LogP contribution in [0.25, 0.3) is 0 Å². The van der Waals surface area contributed by atoms with Crippen LogP contribution in [-0.2, 0) is 0 Å². The fraction of sp³-hybridized carbons (Fsp3) is 0.400. The molecule has 1 aliphatic rings. The van der Waals surface area contributed by atoms with Gasteiger partial charge in [0.05, 0.1) is 0 Å². The Hall–Kier alpha value is -1.18. The zero-order valence-electron chi connectivity index (χ0n) is 7.08. The van der Waals surface area contributed by atoms with Gasteiger partial charge in [0.2, 0.25) is 0 Å². The molecule has 0 saturated heterocycles. The summed E-state index contributed by atoms with van der Waals surface area (Å²) in [5.41, 5.74) is 1.85. The van der Waals surface area contributed by atoms with E-state index in [9.17, 15) is 4.79 Å². The normalized spacial score (nSPS) is 16.1. The van der Waals surface area contributed by atoms with E-state index in [-0.39, 0.29) is 0 Å². The van der Waals surface area contributed by atoms with E-state index < -0.39 is 0 Å². The van der Waals surface area contributed by atoms with Gasteiger partial charge in [-0.1, -0.05) is 0 Å². The summed E-state index contributed by atoms with van der Waals surface area (Å²) in [6.07, 6.45) is 5.57. The van der Waals surface area contributed by atoms with E-state index in [0.29, 0.717) is 11.7 Å². The van der Waals surface area contributed by atoms with Crippen LogP contribution in [-0.4, -0.2) is 10.8 Å². The molecular weight excluding hydrogens is 150 g/mol. The van der Waals surface area contributed by atoms with Crippen molar-refractivity contribution >= 4 is 5.78 Å². The third kappa shape index (κ3) is 1.24. The van der Waals surface area contributed by atoms with Crippen LogP contribution >= 0.6 is 0 Å². The highest BCUT2D eigenvalue weighted by Crippen LogP contribution is 2.33. The Morgan fingerprint density at radius 3 is 2.92 bits per heavy atom. The Morgan fingerprint density at radius 2 is 2.33 bits per heavy atom. The van der Waals surface area contributed by atoms with E-state index in [4.69, 9.17) is 0 Å². The number of carbonyl (C=O) groups excluding carboxylic acids is 1. The summed E-state index contributed by atoms with van der Waals surface area (Å²) in [5, 5.41) is 0. The zero-order chi connectivity index (χ0) is 8.55. The molecule has 1 aromatic heterocycles. The third-order valence-electron chi connectivity index (χ3n) is 2.23. The van der Waals surface area contributed by atoms with Gasteiger partial charge in [0.1, 0.15) is 0 Å². The van der Waals surface area contributed by atoms with Crippen LogP contribution in [0.5, 0.6) is 0 Å². The van der Waals surface area contributed by atoms with Crippen LogP contribution in [0.3, 0.4) is 0 Å². The van der Waals surface area contributed by atoms with Crippen LogP contribution in [0, 0.1) is 12.8 Å². The second-order valence-electron chi connectivity index (χ2n) is 3.33. The van der Waals surface area contributed by atoms with Crippen LogP contribution in [0.4, 0.5) is 0 Å². The van der Waals surface area contributed by atoms with E-state index in [1.54, 1.807) is 12.4 Å². The maximum Gasteiger partial charge on any atom is 0.166 e. The van der Waals surface area contributed by atoms with Crippen LogP contribution in [0.15, 0.2) is 18.5 Å². The minimum atomic E-state index is 0.301. The topological polar surface area (TPSA) is 30.0 Å². The van der Waals surface area contributed by atoms with Gasteiger partial charge in [0.15, 0.2) is 5.78 Å². The fourth-order valence-corrected chi connectivity index (χ4v) is 1.32.